The van der Waals surface area contributed by atoms with Crippen molar-refractivity contribution in [2.75, 3.05) is 7.11 Å². The first kappa shape index (κ1) is 19.3. The van der Waals surface area contributed by atoms with E-state index >= 15 is 0 Å². The molecule has 1 atom stereocenters. The molecule has 28 heavy (non-hydrogen) atoms. The third-order valence-corrected chi connectivity index (χ3v) is 4.23. The van der Waals surface area contributed by atoms with Gasteiger partial charge in [-0.3, -0.25) is 0 Å². The molecule has 0 aliphatic rings. The summed E-state index contributed by atoms with van der Waals surface area (Å²) in [6.07, 6.45) is 2.35. The van der Waals surface area contributed by atoms with Crippen LogP contribution in [0.4, 0.5) is 0 Å². The van der Waals surface area contributed by atoms with Gasteiger partial charge in [0, 0.05) is 23.3 Å². The molecule has 0 aliphatic carbocycles. The molecule has 0 radical (unpaired) electrons. The van der Waals surface area contributed by atoms with Gasteiger partial charge in [0.05, 0.1) is 7.11 Å². The van der Waals surface area contributed by atoms with Gasteiger partial charge in [0.1, 0.15) is 35.7 Å². The van der Waals surface area contributed by atoms with Crippen molar-refractivity contribution in [3.05, 3.63) is 89.5 Å². The van der Waals surface area contributed by atoms with Gasteiger partial charge >= 0.3 is 0 Å². The molecule has 144 valence electrons. The number of phenols is 2. The van der Waals surface area contributed by atoms with Crippen LogP contribution >= 0.6 is 0 Å². The lowest BCUT2D eigenvalue weighted by Gasteiger charge is -2.15. The van der Waals surface area contributed by atoms with Gasteiger partial charge in [0.25, 0.3) is 0 Å². The molecule has 0 aromatic heterocycles. The van der Waals surface area contributed by atoms with Gasteiger partial charge in [-0.2, -0.15) is 0 Å². The Balaban J connectivity index is 1.80. The summed E-state index contributed by atoms with van der Waals surface area (Å²) in [4.78, 5) is 0. The summed E-state index contributed by atoms with van der Waals surface area (Å²) in [5.74, 6) is 1.06. The molecule has 0 bridgehead atoms. The van der Waals surface area contributed by atoms with Gasteiger partial charge in [-0.15, -0.1) is 0 Å². The normalized spacial score (nSPS) is 12.1. The van der Waals surface area contributed by atoms with Crippen LogP contribution in [0.15, 0.2) is 72.8 Å². The molecule has 5 heteroatoms. The van der Waals surface area contributed by atoms with Gasteiger partial charge in [0.2, 0.25) is 0 Å². The molecule has 0 saturated heterocycles. The van der Waals surface area contributed by atoms with Crippen LogP contribution in [-0.2, 0) is 6.61 Å². The number of ether oxygens (including phenoxy) is 2. The Bertz CT molecular complexity index is 950. The van der Waals surface area contributed by atoms with Crippen molar-refractivity contribution in [1.29, 1.82) is 0 Å². The Hall–Kier alpha value is -3.44. The van der Waals surface area contributed by atoms with Crippen LogP contribution in [-0.4, -0.2) is 22.4 Å². The third-order valence-electron chi connectivity index (χ3n) is 4.23. The highest BCUT2D eigenvalue weighted by Gasteiger charge is 2.13. The number of aliphatic hydroxyl groups is 1. The number of aliphatic hydroxyl groups excluding tert-OH is 1. The zero-order chi connectivity index (χ0) is 19.9. The van der Waals surface area contributed by atoms with Gasteiger partial charge in [-0.1, -0.05) is 42.5 Å². The summed E-state index contributed by atoms with van der Waals surface area (Å²) in [6, 6.07) is 19.0. The van der Waals surface area contributed by atoms with Crippen LogP contribution in [0.5, 0.6) is 23.0 Å². The fourth-order valence-corrected chi connectivity index (χ4v) is 2.76. The van der Waals surface area contributed by atoms with Gasteiger partial charge in [-0.25, -0.2) is 0 Å². The summed E-state index contributed by atoms with van der Waals surface area (Å²) in [5, 5.41) is 30.0. The average Bonchev–Trinajstić information content (AvgIpc) is 2.71. The van der Waals surface area contributed by atoms with E-state index in [4.69, 9.17) is 9.47 Å². The molecule has 3 aromatic rings. The average molecular weight is 378 g/mol. The minimum absolute atomic E-state index is 0.0585. The van der Waals surface area contributed by atoms with E-state index in [1.165, 1.54) is 25.3 Å². The summed E-state index contributed by atoms with van der Waals surface area (Å²) >= 11 is 0. The third kappa shape index (κ3) is 4.84. The molecule has 0 amide bonds. The molecule has 0 saturated carbocycles. The molecule has 3 rings (SSSR count). The topological polar surface area (TPSA) is 79.2 Å². The van der Waals surface area contributed by atoms with Crippen molar-refractivity contribution in [2.24, 2.45) is 0 Å². The summed E-state index contributed by atoms with van der Waals surface area (Å²) < 4.78 is 11.1. The van der Waals surface area contributed by atoms with E-state index in [9.17, 15) is 15.3 Å². The summed E-state index contributed by atoms with van der Waals surface area (Å²) in [5.41, 5.74) is 2.23. The first-order valence-corrected chi connectivity index (χ1v) is 8.79. The van der Waals surface area contributed by atoms with Crippen molar-refractivity contribution in [3.63, 3.8) is 0 Å². The fraction of sp³-hybridized carbons (Fsp3) is 0.130. The Morgan fingerprint density at radius 3 is 2.29 bits per heavy atom. The van der Waals surface area contributed by atoms with E-state index in [-0.39, 0.29) is 11.5 Å². The van der Waals surface area contributed by atoms with Crippen molar-refractivity contribution < 1.29 is 24.8 Å². The summed E-state index contributed by atoms with van der Waals surface area (Å²) in [7, 11) is 1.51. The SMILES string of the molecule is COc1cc(O)ccc1C=CC(O)c1ccc(O)cc1OCc1ccccc1. The van der Waals surface area contributed by atoms with E-state index in [0.29, 0.717) is 29.2 Å². The van der Waals surface area contributed by atoms with Crippen LogP contribution in [0, 0.1) is 0 Å². The Morgan fingerprint density at radius 1 is 0.893 bits per heavy atom. The number of hydrogen-bond acceptors (Lipinski definition) is 5. The van der Waals surface area contributed by atoms with Crippen molar-refractivity contribution in [1.82, 2.24) is 0 Å². The predicted molar refractivity (Wildman–Crippen MR) is 108 cm³/mol. The van der Waals surface area contributed by atoms with E-state index in [1.807, 2.05) is 30.3 Å². The number of benzene rings is 3. The maximum atomic E-state index is 10.6. The predicted octanol–water partition coefficient (Wildman–Crippen LogP) is 4.43. The molecule has 3 aromatic carbocycles. The minimum Gasteiger partial charge on any atom is -0.508 e. The number of aromatic hydroxyl groups is 2. The molecule has 3 N–H and O–H groups in total. The van der Waals surface area contributed by atoms with Crippen LogP contribution in [0.1, 0.15) is 22.8 Å². The highest BCUT2D eigenvalue weighted by molar-refractivity contribution is 5.60. The lowest BCUT2D eigenvalue weighted by atomic mass is 10.1. The molecule has 0 spiro atoms. The molecule has 1 unspecified atom stereocenters. The number of rotatable bonds is 7. The zero-order valence-corrected chi connectivity index (χ0v) is 15.4. The number of methoxy groups -OCH3 is 1. The van der Waals surface area contributed by atoms with E-state index in [2.05, 4.69) is 0 Å². The maximum Gasteiger partial charge on any atom is 0.129 e. The lowest BCUT2D eigenvalue weighted by molar-refractivity contribution is 0.217. The van der Waals surface area contributed by atoms with Crippen molar-refractivity contribution in [2.45, 2.75) is 12.7 Å². The lowest BCUT2D eigenvalue weighted by Crippen LogP contribution is -2.01. The van der Waals surface area contributed by atoms with Gasteiger partial charge in [-0.05, 0) is 29.8 Å². The zero-order valence-electron chi connectivity index (χ0n) is 15.4. The highest BCUT2D eigenvalue weighted by Crippen LogP contribution is 2.32. The monoisotopic (exact) mass is 378 g/mol. The van der Waals surface area contributed by atoms with Gasteiger partial charge < -0.3 is 24.8 Å². The Labute approximate surface area is 163 Å². The Morgan fingerprint density at radius 2 is 1.57 bits per heavy atom. The minimum atomic E-state index is -0.954. The smallest absolute Gasteiger partial charge is 0.129 e. The van der Waals surface area contributed by atoms with E-state index < -0.39 is 6.10 Å². The van der Waals surface area contributed by atoms with Gasteiger partial charge in [0.15, 0.2) is 0 Å². The number of phenolic OH excluding ortho intramolecular Hbond substituents is 2. The summed E-state index contributed by atoms with van der Waals surface area (Å²) in [6.45, 7) is 0.319. The molecule has 0 fully saturated rings. The van der Waals surface area contributed by atoms with Crippen molar-refractivity contribution in [3.8, 4) is 23.0 Å². The van der Waals surface area contributed by atoms with Crippen LogP contribution < -0.4 is 9.47 Å². The standard InChI is InChI=1S/C23H22O5/c1-27-22-13-18(24)9-7-17(22)8-12-21(26)20-11-10-19(25)14-23(20)28-15-16-5-3-2-4-6-16/h2-14,21,24-26H,15H2,1H3. The molecular formula is C23H22O5. The largest absolute Gasteiger partial charge is 0.508 e. The van der Waals surface area contributed by atoms with Crippen LogP contribution in [0.2, 0.25) is 0 Å². The molecule has 0 heterocycles. The Kier molecular flexibility index (Phi) is 6.19. The number of hydrogen-bond donors (Lipinski definition) is 3. The molecule has 0 aliphatic heterocycles. The fourth-order valence-electron chi connectivity index (χ4n) is 2.76. The maximum absolute atomic E-state index is 10.6. The first-order chi connectivity index (χ1) is 13.6. The molecule has 5 nitrogen and oxygen atoms in total. The van der Waals surface area contributed by atoms with E-state index in [0.717, 1.165) is 5.56 Å². The van der Waals surface area contributed by atoms with Crippen LogP contribution in [0.25, 0.3) is 6.08 Å². The quantitative estimate of drug-likeness (QED) is 0.567. The van der Waals surface area contributed by atoms with Crippen LogP contribution in [0.3, 0.4) is 0 Å². The molecular weight excluding hydrogens is 356 g/mol. The second-order valence-corrected chi connectivity index (χ2v) is 6.23. The van der Waals surface area contributed by atoms with E-state index in [1.54, 1.807) is 30.4 Å². The second kappa shape index (κ2) is 8.97. The second-order valence-electron chi connectivity index (χ2n) is 6.23. The van der Waals surface area contributed by atoms with Crippen molar-refractivity contribution >= 4 is 6.08 Å². The first-order valence-electron chi connectivity index (χ1n) is 8.79. The highest BCUT2D eigenvalue weighted by atomic mass is 16.5.